The van der Waals surface area contributed by atoms with Gasteiger partial charge in [0.2, 0.25) is 5.90 Å². The topological polar surface area (TPSA) is 33.1 Å². The minimum Gasteiger partial charge on any atom is -0.478 e. The van der Waals surface area contributed by atoms with Crippen molar-refractivity contribution in [1.82, 2.24) is 0 Å². The van der Waals surface area contributed by atoms with Gasteiger partial charge in [-0.25, -0.2) is 8.78 Å². The number of ether oxygens (including phenoxy) is 1. The number of rotatable bonds is 2. The van der Waals surface area contributed by atoms with Crippen LogP contribution >= 0.6 is 15.9 Å². The van der Waals surface area contributed by atoms with Crippen LogP contribution in [0, 0.1) is 17.0 Å². The average molecular weight is 264 g/mol. The monoisotopic (exact) mass is 263 g/mol. The quantitative estimate of drug-likeness (QED) is 0.497. The third-order valence-corrected chi connectivity index (χ3v) is 2.20. The minimum absolute atomic E-state index is 0.182. The van der Waals surface area contributed by atoms with E-state index >= 15 is 0 Å². The Hall–Kier alpha value is -0.970. The second-order valence-electron chi connectivity index (χ2n) is 2.51. The number of benzene rings is 1. The largest absolute Gasteiger partial charge is 0.478 e. The van der Waals surface area contributed by atoms with Crippen molar-refractivity contribution in [3.8, 4) is 0 Å². The molecule has 2 nitrogen and oxygen atoms in total. The Morgan fingerprint density at radius 2 is 2.00 bits per heavy atom. The summed E-state index contributed by atoms with van der Waals surface area (Å²) in [7, 11) is 0. The second kappa shape index (κ2) is 4.50. The van der Waals surface area contributed by atoms with E-state index in [4.69, 9.17) is 10.1 Å². The summed E-state index contributed by atoms with van der Waals surface area (Å²) in [5.74, 6) is -2.13. The van der Waals surface area contributed by atoms with Crippen molar-refractivity contribution in [3.05, 3.63) is 33.8 Å². The average Bonchev–Trinajstić information content (AvgIpc) is 2.11. The van der Waals surface area contributed by atoms with Gasteiger partial charge in [0.05, 0.1) is 12.2 Å². The van der Waals surface area contributed by atoms with Crippen molar-refractivity contribution in [2.45, 2.75) is 6.92 Å². The maximum absolute atomic E-state index is 12.8. The van der Waals surface area contributed by atoms with Gasteiger partial charge in [-0.15, -0.1) is 0 Å². The van der Waals surface area contributed by atoms with E-state index in [2.05, 4.69) is 15.9 Å². The number of hydrogen-bond donors (Lipinski definition) is 1. The van der Waals surface area contributed by atoms with Gasteiger partial charge < -0.3 is 4.74 Å². The molecule has 5 heteroatoms. The Kier molecular flexibility index (Phi) is 3.57. The molecule has 0 aliphatic rings. The molecule has 0 unspecified atom stereocenters. The molecule has 1 aromatic rings. The predicted octanol–water partition coefficient (Wildman–Crippen LogP) is 3.09. The van der Waals surface area contributed by atoms with Crippen molar-refractivity contribution in [1.29, 1.82) is 5.41 Å². The Balaban J connectivity index is 3.09. The van der Waals surface area contributed by atoms with Crippen LogP contribution in [0.25, 0.3) is 0 Å². The molecular weight excluding hydrogens is 256 g/mol. The van der Waals surface area contributed by atoms with Crippen LogP contribution in [0.4, 0.5) is 8.78 Å². The van der Waals surface area contributed by atoms with Gasteiger partial charge in [0.1, 0.15) is 0 Å². The first kappa shape index (κ1) is 11.1. The van der Waals surface area contributed by atoms with Gasteiger partial charge in [-0.3, -0.25) is 5.41 Å². The molecule has 14 heavy (non-hydrogen) atoms. The third-order valence-electron chi connectivity index (χ3n) is 1.54. The molecule has 0 saturated heterocycles. The fourth-order valence-corrected chi connectivity index (χ4v) is 1.41. The van der Waals surface area contributed by atoms with Crippen LogP contribution < -0.4 is 0 Å². The van der Waals surface area contributed by atoms with E-state index in [0.717, 1.165) is 12.1 Å². The van der Waals surface area contributed by atoms with Crippen molar-refractivity contribution in [3.63, 3.8) is 0 Å². The molecule has 0 fully saturated rings. The smallest absolute Gasteiger partial charge is 0.214 e. The maximum Gasteiger partial charge on any atom is 0.214 e. The summed E-state index contributed by atoms with van der Waals surface area (Å²) in [6, 6.07) is 1.90. The predicted molar refractivity (Wildman–Crippen MR) is 52.5 cm³/mol. The second-order valence-corrected chi connectivity index (χ2v) is 3.36. The lowest BCUT2D eigenvalue weighted by Gasteiger charge is -2.07. The third kappa shape index (κ3) is 2.29. The summed E-state index contributed by atoms with van der Waals surface area (Å²) < 4.78 is 30.7. The molecule has 0 amide bonds. The molecule has 0 bridgehead atoms. The highest BCUT2D eigenvalue weighted by molar-refractivity contribution is 9.10. The zero-order valence-corrected chi connectivity index (χ0v) is 8.99. The van der Waals surface area contributed by atoms with E-state index in [1.807, 2.05) is 0 Å². The minimum atomic E-state index is -0.993. The lowest BCUT2D eigenvalue weighted by Crippen LogP contribution is -2.06. The maximum atomic E-state index is 12.8. The first-order valence-electron chi connectivity index (χ1n) is 3.92. The van der Waals surface area contributed by atoms with Crippen molar-refractivity contribution < 1.29 is 13.5 Å². The first-order valence-corrected chi connectivity index (χ1v) is 4.71. The van der Waals surface area contributed by atoms with Gasteiger partial charge in [0, 0.05) is 4.47 Å². The van der Waals surface area contributed by atoms with Gasteiger partial charge in [0.25, 0.3) is 0 Å². The van der Waals surface area contributed by atoms with E-state index < -0.39 is 11.6 Å². The zero-order valence-electron chi connectivity index (χ0n) is 7.40. The molecule has 1 rings (SSSR count). The lowest BCUT2D eigenvalue weighted by molar-refractivity contribution is 0.325. The Bertz CT molecular complexity index is 368. The molecule has 0 aliphatic carbocycles. The van der Waals surface area contributed by atoms with Gasteiger partial charge in [-0.1, -0.05) is 0 Å². The molecule has 0 aromatic heterocycles. The SMILES string of the molecule is CCOC(=N)c1cc(F)c(F)cc1Br. The number of halogens is 3. The normalized spacial score (nSPS) is 10.0. The van der Waals surface area contributed by atoms with Crippen LogP contribution in [-0.4, -0.2) is 12.5 Å². The molecule has 0 aliphatic heterocycles. The molecule has 1 aromatic carbocycles. The van der Waals surface area contributed by atoms with Crippen LogP contribution in [0.1, 0.15) is 12.5 Å². The Morgan fingerprint density at radius 1 is 1.43 bits per heavy atom. The number of nitrogens with one attached hydrogen (secondary N) is 1. The van der Waals surface area contributed by atoms with Crippen molar-refractivity contribution in [2.75, 3.05) is 6.61 Å². The molecule has 0 radical (unpaired) electrons. The van der Waals surface area contributed by atoms with E-state index in [0.29, 0.717) is 11.1 Å². The summed E-state index contributed by atoms with van der Waals surface area (Å²) in [5.41, 5.74) is 0.200. The lowest BCUT2D eigenvalue weighted by atomic mass is 10.2. The van der Waals surface area contributed by atoms with Crippen LogP contribution in [0.15, 0.2) is 16.6 Å². The van der Waals surface area contributed by atoms with E-state index in [1.165, 1.54) is 0 Å². The molecule has 0 saturated carbocycles. The van der Waals surface area contributed by atoms with Crippen molar-refractivity contribution >= 4 is 21.8 Å². The summed E-state index contributed by atoms with van der Waals surface area (Å²) in [6.07, 6.45) is 0. The molecule has 76 valence electrons. The van der Waals surface area contributed by atoms with Gasteiger partial charge in [0.15, 0.2) is 11.6 Å². The van der Waals surface area contributed by atoms with Crippen LogP contribution in [-0.2, 0) is 4.74 Å². The molecule has 1 N–H and O–H groups in total. The highest BCUT2D eigenvalue weighted by atomic mass is 79.9. The standard InChI is InChI=1S/C9H8BrF2NO/c1-2-14-9(13)5-3-7(11)8(12)4-6(5)10/h3-4,13H,2H2,1H3. The molecule has 0 heterocycles. The first-order chi connectivity index (χ1) is 6.56. The van der Waals surface area contributed by atoms with E-state index in [-0.39, 0.29) is 11.5 Å². The highest BCUT2D eigenvalue weighted by Gasteiger charge is 2.12. The van der Waals surface area contributed by atoms with Crippen LogP contribution in [0.3, 0.4) is 0 Å². The molecular formula is C9H8BrF2NO. The molecule has 0 spiro atoms. The Morgan fingerprint density at radius 3 is 2.57 bits per heavy atom. The summed E-state index contributed by atoms with van der Waals surface area (Å²) in [6.45, 7) is 2.02. The van der Waals surface area contributed by atoms with Crippen LogP contribution in [0.5, 0.6) is 0 Å². The fourth-order valence-electron chi connectivity index (χ4n) is 0.919. The Labute approximate surface area is 88.5 Å². The summed E-state index contributed by atoms with van der Waals surface area (Å²) in [5, 5.41) is 7.40. The van der Waals surface area contributed by atoms with Gasteiger partial charge >= 0.3 is 0 Å². The van der Waals surface area contributed by atoms with E-state index in [1.54, 1.807) is 6.92 Å². The molecule has 0 atom stereocenters. The highest BCUT2D eigenvalue weighted by Crippen LogP contribution is 2.21. The number of hydrogen-bond acceptors (Lipinski definition) is 2. The van der Waals surface area contributed by atoms with Crippen LogP contribution in [0.2, 0.25) is 0 Å². The zero-order chi connectivity index (χ0) is 10.7. The van der Waals surface area contributed by atoms with Crippen molar-refractivity contribution in [2.24, 2.45) is 0 Å². The summed E-state index contributed by atoms with van der Waals surface area (Å²) in [4.78, 5) is 0. The van der Waals surface area contributed by atoms with E-state index in [9.17, 15) is 8.78 Å². The fraction of sp³-hybridized carbons (Fsp3) is 0.222. The summed E-state index contributed by atoms with van der Waals surface area (Å²) >= 11 is 3.02. The van der Waals surface area contributed by atoms with Gasteiger partial charge in [-0.05, 0) is 35.0 Å². The van der Waals surface area contributed by atoms with Gasteiger partial charge in [-0.2, -0.15) is 0 Å².